The molecule has 5 heteroatoms. The van der Waals surface area contributed by atoms with Gasteiger partial charge in [-0.25, -0.2) is 0 Å². The molecular formula is C28H39NO3S. The van der Waals surface area contributed by atoms with Crippen LogP contribution in [0.15, 0.2) is 48.5 Å². The summed E-state index contributed by atoms with van der Waals surface area (Å²) in [5.41, 5.74) is 2.97. The molecule has 0 spiro atoms. The van der Waals surface area contributed by atoms with Gasteiger partial charge in [0, 0.05) is 19.5 Å². The highest BCUT2D eigenvalue weighted by Gasteiger charge is 2.27. The standard InChI is InChI=1S/C28H39NO3S/c1-27(2,3)21-28(4,5)23-8-12-25(13-9-23)32-19-18-31-24-10-6-22(7-11-24)20-26(33)29-14-16-30-17-15-29/h6-13H,14-21H2,1-5H3. The van der Waals surface area contributed by atoms with E-state index in [4.69, 9.17) is 26.4 Å². The average molecular weight is 470 g/mol. The lowest BCUT2D eigenvalue weighted by atomic mass is 9.72. The SMILES string of the molecule is CC(C)(C)CC(C)(C)c1ccc(OCCOc2ccc(CC(=S)N3CCOCC3)cc2)cc1. The van der Waals surface area contributed by atoms with Crippen LogP contribution >= 0.6 is 12.2 Å². The van der Waals surface area contributed by atoms with Gasteiger partial charge in [0.05, 0.1) is 18.2 Å². The third-order valence-electron chi connectivity index (χ3n) is 5.87. The average Bonchev–Trinajstić information content (AvgIpc) is 2.77. The van der Waals surface area contributed by atoms with E-state index in [9.17, 15) is 0 Å². The van der Waals surface area contributed by atoms with Gasteiger partial charge in [-0.2, -0.15) is 0 Å². The first-order valence-corrected chi connectivity index (χ1v) is 12.3. The van der Waals surface area contributed by atoms with Crippen LogP contribution in [0.1, 0.15) is 52.2 Å². The molecule has 1 aliphatic rings. The van der Waals surface area contributed by atoms with Gasteiger partial charge in [0.15, 0.2) is 0 Å². The Hall–Kier alpha value is -2.11. The molecule has 4 nitrogen and oxygen atoms in total. The van der Waals surface area contributed by atoms with Gasteiger partial charge in [0.2, 0.25) is 0 Å². The monoisotopic (exact) mass is 469 g/mol. The Balaban J connectivity index is 1.40. The summed E-state index contributed by atoms with van der Waals surface area (Å²) >= 11 is 5.59. The van der Waals surface area contributed by atoms with Crippen molar-refractivity contribution < 1.29 is 14.2 Å². The van der Waals surface area contributed by atoms with Crippen LogP contribution in [-0.4, -0.2) is 49.4 Å². The molecule has 1 heterocycles. The van der Waals surface area contributed by atoms with E-state index in [-0.39, 0.29) is 5.41 Å². The van der Waals surface area contributed by atoms with Gasteiger partial charge in [-0.15, -0.1) is 0 Å². The second kappa shape index (κ2) is 11.3. The Morgan fingerprint density at radius 3 is 1.88 bits per heavy atom. The fourth-order valence-corrected chi connectivity index (χ4v) is 4.90. The van der Waals surface area contributed by atoms with Gasteiger partial charge in [-0.1, -0.05) is 71.1 Å². The molecule has 3 rings (SSSR count). The normalized spacial score (nSPS) is 14.8. The molecule has 0 amide bonds. The zero-order chi connectivity index (χ0) is 23.9. The lowest BCUT2D eigenvalue weighted by Gasteiger charge is -2.33. The molecule has 0 radical (unpaired) electrons. The van der Waals surface area contributed by atoms with Crippen molar-refractivity contribution in [1.29, 1.82) is 0 Å². The minimum atomic E-state index is 0.137. The zero-order valence-corrected chi connectivity index (χ0v) is 21.7. The molecule has 0 aliphatic carbocycles. The smallest absolute Gasteiger partial charge is 0.122 e. The fourth-order valence-electron chi connectivity index (χ4n) is 4.55. The predicted octanol–water partition coefficient (Wildman–Crippen LogP) is 6.06. The van der Waals surface area contributed by atoms with Gasteiger partial charge in [-0.05, 0) is 52.6 Å². The minimum Gasteiger partial charge on any atom is -0.490 e. The summed E-state index contributed by atoms with van der Waals surface area (Å²) in [6, 6.07) is 16.7. The van der Waals surface area contributed by atoms with Crippen LogP contribution in [-0.2, 0) is 16.6 Å². The quantitative estimate of drug-likeness (QED) is 0.329. The van der Waals surface area contributed by atoms with Gasteiger partial charge < -0.3 is 19.1 Å². The number of morpholine rings is 1. The number of hydrogen-bond acceptors (Lipinski definition) is 4. The van der Waals surface area contributed by atoms with Crippen LogP contribution in [0.25, 0.3) is 0 Å². The van der Waals surface area contributed by atoms with Crippen molar-refractivity contribution in [2.24, 2.45) is 5.41 Å². The number of nitrogens with zero attached hydrogens (tertiary/aromatic N) is 1. The largest absolute Gasteiger partial charge is 0.490 e. The molecule has 2 aromatic rings. The molecule has 180 valence electrons. The number of benzene rings is 2. The number of ether oxygens (including phenoxy) is 3. The summed E-state index contributed by atoms with van der Waals surface area (Å²) in [5.74, 6) is 1.72. The van der Waals surface area contributed by atoms with Gasteiger partial charge in [0.25, 0.3) is 0 Å². The third kappa shape index (κ3) is 8.31. The Bertz CT molecular complexity index is 879. The van der Waals surface area contributed by atoms with E-state index in [0.717, 1.165) is 55.6 Å². The molecular weight excluding hydrogens is 430 g/mol. The Labute approximate surface area is 205 Å². The number of hydrogen-bond donors (Lipinski definition) is 0. The second-order valence-corrected chi connectivity index (χ2v) is 11.1. The molecule has 33 heavy (non-hydrogen) atoms. The van der Waals surface area contributed by atoms with Gasteiger partial charge >= 0.3 is 0 Å². The highest BCUT2D eigenvalue weighted by Crippen LogP contribution is 2.36. The Morgan fingerprint density at radius 1 is 0.848 bits per heavy atom. The minimum absolute atomic E-state index is 0.137. The van der Waals surface area contributed by atoms with E-state index in [2.05, 4.69) is 75.9 Å². The van der Waals surface area contributed by atoms with E-state index in [1.807, 2.05) is 12.1 Å². The molecule has 0 atom stereocenters. The van der Waals surface area contributed by atoms with Gasteiger partial charge in [0.1, 0.15) is 24.7 Å². The molecule has 0 unspecified atom stereocenters. The van der Waals surface area contributed by atoms with E-state index in [1.165, 1.54) is 11.1 Å². The highest BCUT2D eigenvalue weighted by molar-refractivity contribution is 7.80. The molecule has 0 bridgehead atoms. The van der Waals surface area contributed by atoms with Crippen LogP contribution in [0.4, 0.5) is 0 Å². The Kier molecular flexibility index (Phi) is 8.77. The first-order chi connectivity index (χ1) is 15.6. The molecule has 0 saturated carbocycles. The van der Waals surface area contributed by atoms with Crippen molar-refractivity contribution in [1.82, 2.24) is 4.90 Å². The fraction of sp³-hybridized carbons (Fsp3) is 0.536. The van der Waals surface area contributed by atoms with Crippen molar-refractivity contribution in [3.63, 3.8) is 0 Å². The van der Waals surface area contributed by atoms with Crippen LogP contribution in [0.5, 0.6) is 11.5 Å². The lowest BCUT2D eigenvalue weighted by Crippen LogP contribution is -2.40. The lowest BCUT2D eigenvalue weighted by molar-refractivity contribution is 0.0684. The van der Waals surface area contributed by atoms with Crippen LogP contribution in [0, 0.1) is 5.41 Å². The van der Waals surface area contributed by atoms with Crippen LogP contribution < -0.4 is 9.47 Å². The topological polar surface area (TPSA) is 30.9 Å². The Morgan fingerprint density at radius 2 is 1.36 bits per heavy atom. The highest BCUT2D eigenvalue weighted by atomic mass is 32.1. The molecule has 2 aromatic carbocycles. The van der Waals surface area contributed by atoms with Crippen molar-refractivity contribution in [2.75, 3.05) is 39.5 Å². The van der Waals surface area contributed by atoms with E-state index in [0.29, 0.717) is 18.6 Å². The van der Waals surface area contributed by atoms with E-state index in [1.54, 1.807) is 0 Å². The van der Waals surface area contributed by atoms with Crippen molar-refractivity contribution >= 4 is 17.2 Å². The summed E-state index contributed by atoms with van der Waals surface area (Å²) in [6.07, 6.45) is 1.91. The zero-order valence-electron chi connectivity index (χ0n) is 20.9. The molecule has 0 aromatic heterocycles. The first kappa shape index (κ1) is 25.5. The van der Waals surface area contributed by atoms with Crippen LogP contribution in [0.2, 0.25) is 0 Å². The van der Waals surface area contributed by atoms with E-state index >= 15 is 0 Å². The van der Waals surface area contributed by atoms with Crippen molar-refractivity contribution in [3.8, 4) is 11.5 Å². The van der Waals surface area contributed by atoms with Crippen molar-refractivity contribution in [2.45, 2.75) is 52.9 Å². The maximum absolute atomic E-state index is 5.88. The number of rotatable bonds is 9. The summed E-state index contributed by atoms with van der Waals surface area (Å²) in [4.78, 5) is 3.21. The summed E-state index contributed by atoms with van der Waals surface area (Å²) in [7, 11) is 0. The maximum atomic E-state index is 5.88. The molecule has 1 aliphatic heterocycles. The maximum Gasteiger partial charge on any atom is 0.122 e. The number of thiocarbonyl (C=S) groups is 1. The van der Waals surface area contributed by atoms with E-state index < -0.39 is 0 Å². The second-order valence-electron chi connectivity index (χ2n) is 10.7. The predicted molar refractivity (Wildman–Crippen MR) is 140 cm³/mol. The molecule has 1 saturated heterocycles. The summed E-state index contributed by atoms with van der Waals surface area (Å²) in [6.45, 7) is 15.8. The summed E-state index contributed by atoms with van der Waals surface area (Å²) in [5, 5.41) is 0. The molecule has 0 N–H and O–H groups in total. The first-order valence-electron chi connectivity index (χ1n) is 11.9. The molecule has 1 fully saturated rings. The van der Waals surface area contributed by atoms with Crippen LogP contribution in [0.3, 0.4) is 0 Å². The van der Waals surface area contributed by atoms with Gasteiger partial charge in [-0.3, -0.25) is 0 Å². The van der Waals surface area contributed by atoms with Crippen molar-refractivity contribution in [3.05, 3.63) is 59.7 Å². The third-order valence-corrected chi connectivity index (χ3v) is 6.27. The summed E-state index contributed by atoms with van der Waals surface area (Å²) < 4.78 is 17.1.